The van der Waals surface area contributed by atoms with Gasteiger partial charge in [-0.05, 0) is 64.4 Å². The van der Waals surface area contributed by atoms with Crippen molar-refractivity contribution in [2.75, 3.05) is 6.61 Å². The number of nitrogens with one attached hydrogen (secondary N) is 1. The number of nitrogens with zero attached hydrogens (tertiary/aromatic N) is 1. The summed E-state index contributed by atoms with van der Waals surface area (Å²) in [6, 6.07) is 15.4. The number of amides is 2. The van der Waals surface area contributed by atoms with Crippen molar-refractivity contribution < 1.29 is 14.3 Å². The zero-order valence-corrected chi connectivity index (χ0v) is 21.4. The number of hydrogen-bond donors (Lipinski definition) is 1. The number of ether oxygens (including phenoxy) is 1. The SMILES string of the molecule is CCC(C(=O)NC1CCCC1)N(Cc1ccccc1)C(=O)COc1ccc(C(C)C)cc1Br. The molecule has 0 aromatic heterocycles. The predicted octanol–water partition coefficient (Wildman–Crippen LogP) is 5.82. The minimum absolute atomic E-state index is 0.0730. The topological polar surface area (TPSA) is 58.6 Å². The average Bonchev–Trinajstić information content (AvgIpc) is 3.31. The molecule has 0 radical (unpaired) electrons. The maximum atomic E-state index is 13.4. The Kier molecular flexibility index (Phi) is 9.36. The van der Waals surface area contributed by atoms with Crippen LogP contribution in [-0.2, 0) is 16.1 Å². The van der Waals surface area contributed by atoms with Crippen molar-refractivity contribution in [1.29, 1.82) is 0 Å². The number of hydrogen-bond acceptors (Lipinski definition) is 3. The maximum Gasteiger partial charge on any atom is 0.261 e. The van der Waals surface area contributed by atoms with Crippen LogP contribution < -0.4 is 10.1 Å². The molecule has 6 heteroatoms. The van der Waals surface area contributed by atoms with E-state index in [1.165, 1.54) is 5.56 Å². The van der Waals surface area contributed by atoms with E-state index in [9.17, 15) is 9.59 Å². The molecule has 2 amide bonds. The average molecular weight is 515 g/mol. The van der Waals surface area contributed by atoms with Gasteiger partial charge in [0.05, 0.1) is 4.47 Å². The van der Waals surface area contributed by atoms with Crippen molar-refractivity contribution in [2.45, 2.75) is 77.4 Å². The predicted molar refractivity (Wildman–Crippen MR) is 135 cm³/mol. The molecule has 1 saturated carbocycles. The number of carbonyl (C=O) groups is 2. The van der Waals surface area contributed by atoms with E-state index in [0.717, 1.165) is 35.7 Å². The summed E-state index contributed by atoms with van der Waals surface area (Å²) in [5.74, 6) is 0.751. The monoisotopic (exact) mass is 514 g/mol. The Labute approximate surface area is 206 Å². The van der Waals surface area contributed by atoms with Crippen LogP contribution in [0.15, 0.2) is 53.0 Å². The molecule has 5 nitrogen and oxygen atoms in total. The van der Waals surface area contributed by atoms with Crippen LogP contribution in [0.4, 0.5) is 0 Å². The highest BCUT2D eigenvalue weighted by Crippen LogP contribution is 2.29. The Morgan fingerprint density at radius 1 is 1.12 bits per heavy atom. The van der Waals surface area contributed by atoms with Crippen molar-refractivity contribution in [3.63, 3.8) is 0 Å². The van der Waals surface area contributed by atoms with Crippen molar-refractivity contribution in [1.82, 2.24) is 10.2 Å². The van der Waals surface area contributed by atoms with E-state index in [1.807, 2.05) is 55.5 Å². The lowest BCUT2D eigenvalue weighted by molar-refractivity contribution is -0.143. The second-order valence-corrected chi connectivity index (χ2v) is 9.91. The lowest BCUT2D eigenvalue weighted by Crippen LogP contribution is -2.52. The zero-order chi connectivity index (χ0) is 23.8. The molecule has 1 unspecified atom stereocenters. The summed E-state index contributed by atoms with van der Waals surface area (Å²) in [6.45, 7) is 6.46. The van der Waals surface area contributed by atoms with E-state index >= 15 is 0 Å². The molecule has 3 rings (SSSR count). The second-order valence-electron chi connectivity index (χ2n) is 9.05. The first kappa shape index (κ1) is 25.3. The largest absolute Gasteiger partial charge is 0.483 e. The van der Waals surface area contributed by atoms with Gasteiger partial charge in [-0.15, -0.1) is 0 Å². The molecule has 0 spiro atoms. The summed E-state index contributed by atoms with van der Waals surface area (Å²) in [6.07, 6.45) is 4.86. The van der Waals surface area contributed by atoms with Gasteiger partial charge in [-0.3, -0.25) is 9.59 Å². The smallest absolute Gasteiger partial charge is 0.261 e. The Morgan fingerprint density at radius 2 is 1.82 bits per heavy atom. The quantitative estimate of drug-likeness (QED) is 0.434. The van der Waals surface area contributed by atoms with Crippen LogP contribution in [-0.4, -0.2) is 35.4 Å². The van der Waals surface area contributed by atoms with E-state index < -0.39 is 6.04 Å². The molecule has 1 fully saturated rings. The van der Waals surface area contributed by atoms with Gasteiger partial charge in [0.15, 0.2) is 6.61 Å². The fourth-order valence-electron chi connectivity index (χ4n) is 4.28. The summed E-state index contributed by atoms with van der Waals surface area (Å²) < 4.78 is 6.71. The molecule has 0 saturated heterocycles. The third-order valence-electron chi connectivity index (χ3n) is 6.26. The van der Waals surface area contributed by atoms with Gasteiger partial charge in [0.2, 0.25) is 5.91 Å². The van der Waals surface area contributed by atoms with Gasteiger partial charge in [-0.1, -0.05) is 70.0 Å². The highest BCUT2D eigenvalue weighted by molar-refractivity contribution is 9.10. The molecule has 0 bridgehead atoms. The second kappa shape index (κ2) is 12.2. The number of benzene rings is 2. The van der Waals surface area contributed by atoms with Crippen LogP contribution in [0.25, 0.3) is 0 Å². The molecule has 1 atom stereocenters. The first-order valence-electron chi connectivity index (χ1n) is 11.9. The number of rotatable bonds is 10. The first-order chi connectivity index (χ1) is 15.9. The highest BCUT2D eigenvalue weighted by Gasteiger charge is 2.31. The van der Waals surface area contributed by atoms with E-state index in [1.54, 1.807) is 4.90 Å². The van der Waals surface area contributed by atoms with Crippen molar-refractivity contribution >= 4 is 27.7 Å². The van der Waals surface area contributed by atoms with E-state index in [-0.39, 0.29) is 24.5 Å². The molecule has 1 aliphatic rings. The summed E-state index contributed by atoms with van der Waals surface area (Å²) in [7, 11) is 0. The fourth-order valence-corrected chi connectivity index (χ4v) is 4.79. The van der Waals surface area contributed by atoms with Crippen LogP contribution in [0.5, 0.6) is 5.75 Å². The molecule has 2 aromatic rings. The Bertz CT molecular complexity index is 926. The first-order valence-corrected chi connectivity index (χ1v) is 12.7. The van der Waals surface area contributed by atoms with Gasteiger partial charge in [0.1, 0.15) is 11.8 Å². The molecule has 0 heterocycles. The standard InChI is InChI=1S/C27H35BrN2O3/c1-4-24(27(32)29-22-12-8-9-13-22)30(17-20-10-6-5-7-11-20)26(31)18-33-25-15-14-21(19(2)3)16-23(25)28/h5-7,10-11,14-16,19,22,24H,4,8-9,12-13,17-18H2,1-3H3,(H,29,32). The van der Waals surface area contributed by atoms with Gasteiger partial charge >= 0.3 is 0 Å². The minimum atomic E-state index is -0.534. The Hall–Kier alpha value is -2.34. The Morgan fingerprint density at radius 3 is 2.42 bits per heavy atom. The van der Waals surface area contributed by atoms with Gasteiger partial charge in [-0.2, -0.15) is 0 Å². The molecule has 1 aliphatic carbocycles. The number of halogens is 1. The van der Waals surface area contributed by atoms with Gasteiger partial charge in [0, 0.05) is 12.6 Å². The van der Waals surface area contributed by atoms with Crippen LogP contribution >= 0.6 is 15.9 Å². The van der Waals surface area contributed by atoms with E-state index in [0.29, 0.717) is 24.6 Å². The molecule has 0 aliphatic heterocycles. The Balaban J connectivity index is 1.74. The summed E-state index contributed by atoms with van der Waals surface area (Å²) in [5, 5.41) is 3.17. The van der Waals surface area contributed by atoms with Crippen molar-refractivity contribution in [3.8, 4) is 5.75 Å². The van der Waals surface area contributed by atoms with Gasteiger partial charge in [0.25, 0.3) is 5.91 Å². The lowest BCUT2D eigenvalue weighted by Gasteiger charge is -2.31. The van der Waals surface area contributed by atoms with Crippen LogP contribution in [0.3, 0.4) is 0 Å². The lowest BCUT2D eigenvalue weighted by atomic mass is 10.0. The summed E-state index contributed by atoms with van der Waals surface area (Å²) in [5.41, 5.74) is 2.18. The van der Waals surface area contributed by atoms with E-state index in [2.05, 4.69) is 35.1 Å². The van der Waals surface area contributed by atoms with E-state index in [4.69, 9.17) is 4.74 Å². The minimum Gasteiger partial charge on any atom is -0.483 e. The summed E-state index contributed by atoms with van der Waals surface area (Å²) >= 11 is 3.56. The van der Waals surface area contributed by atoms with Gasteiger partial charge in [-0.25, -0.2) is 0 Å². The van der Waals surface area contributed by atoms with Crippen molar-refractivity contribution in [2.24, 2.45) is 0 Å². The third-order valence-corrected chi connectivity index (χ3v) is 6.88. The fraction of sp³-hybridized carbons (Fsp3) is 0.481. The molecule has 178 valence electrons. The molecular weight excluding hydrogens is 480 g/mol. The molecule has 33 heavy (non-hydrogen) atoms. The molecule has 1 N–H and O–H groups in total. The number of carbonyl (C=O) groups excluding carboxylic acids is 2. The summed E-state index contributed by atoms with van der Waals surface area (Å²) in [4.78, 5) is 28.2. The van der Waals surface area contributed by atoms with Gasteiger partial charge < -0.3 is 15.0 Å². The normalized spacial score (nSPS) is 14.8. The molecule has 2 aromatic carbocycles. The maximum absolute atomic E-state index is 13.4. The van der Waals surface area contributed by atoms with Crippen LogP contribution in [0, 0.1) is 0 Å². The molecular formula is C27H35BrN2O3. The zero-order valence-electron chi connectivity index (χ0n) is 19.9. The van der Waals surface area contributed by atoms with Crippen LogP contribution in [0.2, 0.25) is 0 Å². The highest BCUT2D eigenvalue weighted by atomic mass is 79.9. The van der Waals surface area contributed by atoms with Crippen molar-refractivity contribution in [3.05, 3.63) is 64.1 Å². The van der Waals surface area contributed by atoms with Crippen LogP contribution in [0.1, 0.15) is 69.9 Å². The third kappa shape index (κ3) is 7.07.